The zero-order valence-corrected chi connectivity index (χ0v) is 15.5. The molecular formula is C19H22N6S. The Morgan fingerprint density at radius 1 is 1.00 bits per heavy atom. The van der Waals surface area contributed by atoms with Crippen molar-refractivity contribution in [3.8, 4) is 0 Å². The first-order valence-corrected chi connectivity index (χ1v) is 10.2. The van der Waals surface area contributed by atoms with E-state index < -0.39 is 0 Å². The summed E-state index contributed by atoms with van der Waals surface area (Å²) >= 11 is 1.55. The highest BCUT2D eigenvalue weighted by molar-refractivity contribution is 7.99. The largest absolute Gasteiger partial charge is 0.342 e. The fraction of sp³-hybridized carbons (Fsp3) is 0.474. The van der Waals surface area contributed by atoms with Crippen LogP contribution in [0.15, 0.2) is 46.8 Å². The molecule has 7 heteroatoms. The van der Waals surface area contributed by atoms with E-state index in [0.717, 1.165) is 34.6 Å². The fourth-order valence-corrected chi connectivity index (χ4v) is 5.26. The van der Waals surface area contributed by atoms with Crippen LogP contribution in [-0.4, -0.2) is 37.7 Å². The molecule has 0 atom stereocenters. The maximum absolute atomic E-state index is 4.79. The molecule has 1 spiro atoms. The molecule has 0 radical (unpaired) electrons. The molecule has 0 aromatic carbocycles. The first kappa shape index (κ1) is 16.1. The second-order valence-electron chi connectivity index (χ2n) is 7.40. The predicted octanol–water partition coefficient (Wildman–Crippen LogP) is 3.83. The van der Waals surface area contributed by atoms with E-state index in [0.29, 0.717) is 5.41 Å². The van der Waals surface area contributed by atoms with Crippen LogP contribution in [0.25, 0.3) is 5.65 Å². The average Bonchev–Trinajstić information content (AvgIpc) is 3.34. The number of aromatic nitrogens is 5. The molecule has 0 N–H and O–H groups in total. The van der Waals surface area contributed by atoms with Crippen LogP contribution in [0.2, 0.25) is 0 Å². The molecule has 4 heterocycles. The van der Waals surface area contributed by atoms with E-state index in [-0.39, 0.29) is 0 Å². The monoisotopic (exact) mass is 366 g/mol. The van der Waals surface area contributed by atoms with Crippen molar-refractivity contribution in [2.75, 3.05) is 18.0 Å². The molecular weight excluding hydrogens is 344 g/mol. The molecule has 0 bridgehead atoms. The summed E-state index contributed by atoms with van der Waals surface area (Å²) in [7, 11) is 0. The molecule has 0 amide bonds. The first-order chi connectivity index (χ1) is 12.8. The molecule has 1 saturated heterocycles. The Kier molecular flexibility index (Phi) is 4.04. The lowest BCUT2D eigenvalue weighted by molar-refractivity contribution is 0.225. The summed E-state index contributed by atoms with van der Waals surface area (Å²) in [4.78, 5) is 12.8. The highest BCUT2D eigenvalue weighted by Gasteiger charge is 2.37. The predicted molar refractivity (Wildman–Crippen MR) is 101 cm³/mol. The second kappa shape index (κ2) is 6.54. The van der Waals surface area contributed by atoms with Gasteiger partial charge in [0.15, 0.2) is 5.65 Å². The van der Waals surface area contributed by atoms with Gasteiger partial charge in [-0.3, -0.25) is 4.40 Å². The van der Waals surface area contributed by atoms with Gasteiger partial charge in [-0.1, -0.05) is 24.6 Å². The van der Waals surface area contributed by atoms with Gasteiger partial charge < -0.3 is 4.90 Å². The number of hydrogen-bond donors (Lipinski definition) is 0. The number of fused-ring (bicyclic) bond motifs is 1. The lowest BCUT2D eigenvalue weighted by atomic mass is 9.77. The molecule has 1 aliphatic carbocycles. The van der Waals surface area contributed by atoms with Crippen molar-refractivity contribution in [2.45, 2.75) is 48.4 Å². The number of rotatable bonds is 3. The minimum Gasteiger partial charge on any atom is -0.342 e. The summed E-state index contributed by atoms with van der Waals surface area (Å²) in [6, 6.07) is 3.85. The molecule has 1 saturated carbocycles. The van der Waals surface area contributed by atoms with Crippen molar-refractivity contribution in [1.29, 1.82) is 0 Å². The first-order valence-electron chi connectivity index (χ1n) is 9.36. The van der Waals surface area contributed by atoms with E-state index in [9.17, 15) is 0 Å². The van der Waals surface area contributed by atoms with E-state index in [1.807, 2.05) is 30.7 Å². The van der Waals surface area contributed by atoms with E-state index >= 15 is 0 Å². The maximum Gasteiger partial charge on any atom is 0.211 e. The van der Waals surface area contributed by atoms with Crippen molar-refractivity contribution in [2.24, 2.45) is 5.41 Å². The van der Waals surface area contributed by atoms with Crippen molar-refractivity contribution >= 4 is 23.4 Å². The summed E-state index contributed by atoms with van der Waals surface area (Å²) in [5.41, 5.74) is 1.55. The Labute approximate surface area is 157 Å². The lowest BCUT2D eigenvalue weighted by Crippen LogP contribution is -2.40. The average molecular weight is 366 g/mol. The summed E-state index contributed by atoms with van der Waals surface area (Å²) < 4.78 is 2.12. The third-order valence-corrected chi connectivity index (χ3v) is 6.84. The summed E-state index contributed by atoms with van der Waals surface area (Å²) in [5, 5.41) is 8.96. The van der Waals surface area contributed by atoms with E-state index in [1.165, 1.54) is 38.5 Å². The van der Waals surface area contributed by atoms with Gasteiger partial charge in [-0.25, -0.2) is 9.97 Å². The fourth-order valence-electron chi connectivity index (χ4n) is 4.45. The smallest absolute Gasteiger partial charge is 0.211 e. The van der Waals surface area contributed by atoms with Crippen LogP contribution >= 0.6 is 11.8 Å². The van der Waals surface area contributed by atoms with Crippen molar-refractivity contribution in [1.82, 2.24) is 24.6 Å². The highest BCUT2D eigenvalue weighted by Crippen LogP contribution is 2.46. The topological polar surface area (TPSA) is 59.2 Å². The summed E-state index contributed by atoms with van der Waals surface area (Å²) in [6.07, 6.45) is 15.7. The molecule has 2 fully saturated rings. The lowest BCUT2D eigenvalue weighted by Gasteiger charge is -2.39. The van der Waals surface area contributed by atoms with Crippen LogP contribution in [0.1, 0.15) is 38.5 Å². The number of imidazole rings is 1. The van der Waals surface area contributed by atoms with Gasteiger partial charge in [0.25, 0.3) is 0 Å². The standard InChI is InChI=1S/C19H22N6S/c1-2-6-19(5-1)7-11-24(12-8-19)18-21-14-15(17-20-10-13-25(17)18)26-16-4-3-9-22-23-16/h3-4,9-10,13-14H,1-2,5-8,11-12H2. The third kappa shape index (κ3) is 2.84. The van der Waals surface area contributed by atoms with Crippen molar-refractivity contribution < 1.29 is 0 Å². The quantitative estimate of drug-likeness (QED) is 0.702. The molecule has 0 unspecified atom stereocenters. The van der Waals surface area contributed by atoms with Gasteiger partial charge >= 0.3 is 0 Å². The molecule has 2 aliphatic rings. The van der Waals surface area contributed by atoms with Gasteiger partial charge in [-0.05, 0) is 43.2 Å². The van der Waals surface area contributed by atoms with Crippen molar-refractivity contribution in [3.05, 3.63) is 36.9 Å². The van der Waals surface area contributed by atoms with Crippen LogP contribution in [0.3, 0.4) is 0 Å². The van der Waals surface area contributed by atoms with Crippen LogP contribution in [-0.2, 0) is 0 Å². The SMILES string of the molecule is c1cnnc(Sc2cnc(N3CCC4(CCCC4)CC3)n3ccnc23)c1. The van der Waals surface area contributed by atoms with E-state index in [1.54, 1.807) is 18.0 Å². The van der Waals surface area contributed by atoms with Crippen LogP contribution in [0.4, 0.5) is 5.95 Å². The van der Waals surface area contributed by atoms with Gasteiger partial charge in [-0.15, -0.1) is 5.10 Å². The zero-order valence-electron chi connectivity index (χ0n) is 14.7. The zero-order chi connectivity index (χ0) is 17.4. The van der Waals surface area contributed by atoms with Crippen molar-refractivity contribution in [3.63, 3.8) is 0 Å². The number of hydrogen-bond acceptors (Lipinski definition) is 6. The molecule has 3 aromatic heterocycles. The minimum absolute atomic E-state index is 0.617. The van der Waals surface area contributed by atoms with Crippen LogP contribution < -0.4 is 4.90 Å². The molecule has 5 rings (SSSR count). The number of nitrogens with zero attached hydrogens (tertiary/aromatic N) is 6. The van der Waals surface area contributed by atoms with Gasteiger partial charge in [0.1, 0.15) is 5.03 Å². The Morgan fingerprint density at radius 2 is 1.85 bits per heavy atom. The second-order valence-corrected chi connectivity index (χ2v) is 8.46. The minimum atomic E-state index is 0.617. The van der Waals surface area contributed by atoms with Crippen LogP contribution in [0, 0.1) is 5.41 Å². The van der Waals surface area contributed by atoms with Gasteiger partial charge in [0, 0.05) is 37.9 Å². The molecule has 134 valence electrons. The molecule has 3 aromatic rings. The summed E-state index contributed by atoms with van der Waals surface area (Å²) in [6.45, 7) is 2.19. The molecule has 1 aliphatic heterocycles. The number of piperidine rings is 1. The number of anilines is 1. The highest BCUT2D eigenvalue weighted by atomic mass is 32.2. The van der Waals surface area contributed by atoms with Crippen LogP contribution in [0.5, 0.6) is 0 Å². The van der Waals surface area contributed by atoms with E-state index in [4.69, 9.17) is 4.98 Å². The summed E-state index contributed by atoms with van der Waals surface area (Å²) in [5.74, 6) is 1.01. The molecule has 6 nitrogen and oxygen atoms in total. The van der Waals surface area contributed by atoms with Gasteiger partial charge in [-0.2, -0.15) is 5.10 Å². The maximum atomic E-state index is 4.79. The van der Waals surface area contributed by atoms with Gasteiger partial charge in [0.05, 0.1) is 4.90 Å². The Balaban J connectivity index is 1.41. The Morgan fingerprint density at radius 3 is 2.62 bits per heavy atom. The Bertz CT molecular complexity index is 893. The van der Waals surface area contributed by atoms with Gasteiger partial charge in [0.2, 0.25) is 5.95 Å². The normalized spacial score (nSPS) is 19.5. The third-order valence-electron chi connectivity index (χ3n) is 5.91. The Hall–Kier alpha value is -2.15. The van der Waals surface area contributed by atoms with E-state index in [2.05, 4.69) is 24.5 Å². The molecule has 26 heavy (non-hydrogen) atoms.